The van der Waals surface area contributed by atoms with Crippen LogP contribution < -0.4 is 10.1 Å². The molecule has 9 heteroatoms. The van der Waals surface area contributed by atoms with Crippen LogP contribution in [-0.4, -0.2) is 59.2 Å². The molecule has 9 nitrogen and oxygen atoms in total. The number of carbonyl (C=O) groups excluding carboxylic acids is 1. The number of rotatable bonds is 7. The molecule has 1 fully saturated rings. The van der Waals surface area contributed by atoms with Gasteiger partial charge in [-0.15, -0.1) is 0 Å². The van der Waals surface area contributed by atoms with Gasteiger partial charge < -0.3 is 29.5 Å². The maximum atomic E-state index is 12.2. The maximum Gasteiger partial charge on any atom is 0.414 e. The van der Waals surface area contributed by atoms with E-state index in [0.29, 0.717) is 28.8 Å². The van der Waals surface area contributed by atoms with Crippen molar-refractivity contribution in [3.05, 3.63) is 47.5 Å². The molecular formula is C26H31N3O6. The van der Waals surface area contributed by atoms with Crippen molar-refractivity contribution in [1.29, 1.82) is 0 Å². The van der Waals surface area contributed by atoms with Crippen molar-refractivity contribution >= 4 is 6.09 Å². The average Bonchev–Trinajstić information content (AvgIpc) is 3.23. The summed E-state index contributed by atoms with van der Waals surface area (Å²) in [5.41, 5.74) is 3.27. The fourth-order valence-electron chi connectivity index (χ4n) is 4.08. The molecule has 1 aromatic heterocycles. The summed E-state index contributed by atoms with van der Waals surface area (Å²) < 4.78 is 16.5. The summed E-state index contributed by atoms with van der Waals surface area (Å²) in [5, 5.41) is 27.5. The summed E-state index contributed by atoms with van der Waals surface area (Å²) in [6.45, 7) is 10.1. The van der Waals surface area contributed by atoms with Gasteiger partial charge in [0.15, 0.2) is 5.76 Å². The first kappa shape index (κ1) is 24.6. The number of ether oxygens (including phenoxy) is 2. The normalized spacial score (nSPS) is 14.3. The highest BCUT2D eigenvalue weighted by Gasteiger charge is 2.26. The second-order valence-electron chi connectivity index (χ2n) is 8.78. The summed E-state index contributed by atoms with van der Waals surface area (Å²) in [5.74, 6) is 0.0627. The molecule has 0 aliphatic carbocycles. The van der Waals surface area contributed by atoms with E-state index >= 15 is 0 Å². The van der Waals surface area contributed by atoms with Crippen molar-refractivity contribution in [3.63, 3.8) is 0 Å². The number of amides is 1. The second kappa shape index (κ2) is 10.8. The molecule has 35 heavy (non-hydrogen) atoms. The van der Waals surface area contributed by atoms with Crippen LogP contribution in [0.15, 0.2) is 40.9 Å². The van der Waals surface area contributed by atoms with Crippen LogP contribution in [-0.2, 0) is 11.3 Å². The molecule has 2 heterocycles. The first-order valence-corrected chi connectivity index (χ1v) is 11.8. The van der Waals surface area contributed by atoms with E-state index in [1.54, 1.807) is 13.0 Å². The molecule has 0 atom stereocenters. The number of aromatic nitrogens is 1. The van der Waals surface area contributed by atoms with Crippen molar-refractivity contribution in [3.8, 4) is 39.8 Å². The van der Waals surface area contributed by atoms with Gasteiger partial charge in [-0.05, 0) is 40.8 Å². The Balaban J connectivity index is 1.74. The zero-order valence-electron chi connectivity index (χ0n) is 20.2. The molecule has 0 spiro atoms. The lowest BCUT2D eigenvalue weighted by Gasteiger charge is -2.26. The van der Waals surface area contributed by atoms with Gasteiger partial charge in [-0.2, -0.15) is 0 Å². The van der Waals surface area contributed by atoms with Crippen LogP contribution in [0.5, 0.6) is 17.4 Å². The van der Waals surface area contributed by atoms with Gasteiger partial charge in [-0.3, -0.25) is 4.90 Å². The van der Waals surface area contributed by atoms with Crippen LogP contribution in [0.2, 0.25) is 0 Å². The Morgan fingerprint density at radius 1 is 1.14 bits per heavy atom. The highest BCUT2D eigenvalue weighted by atomic mass is 16.6. The van der Waals surface area contributed by atoms with Gasteiger partial charge in [-0.1, -0.05) is 38.1 Å². The van der Waals surface area contributed by atoms with Crippen LogP contribution in [0, 0.1) is 0 Å². The van der Waals surface area contributed by atoms with Crippen LogP contribution in [0.4, 0.5) is 4.79 Å². The molecule has 0 bridgehead atoms. The third kappa shape index (κ3) is 5.58. The molecule has 1 aliphatic rings. The zero-order chi connectivity index (χ0) is 24.9. The van der Waals surface area contributed by atoms with Gasteiger partial charge in [0, 0.05) is 32.2 Å². The molecular weight excluding hydrogens is 450 g/mol. The largest absolute Gasteiger partial charge is 0.508 e. The Labute approximate surface area is 204 Å². The lowest BCUT2D eigenvalue weighted by atomic mass is 9.95. The number of aromatic hydroxyl groups is 2. The minimum atomic E-state index is -0.657. The number of hydrogen-bond donors (Lipinski definition) is 3. The number of carbonyl (C=O) groups is 1. The predicted octanol–water partition coefficient (Wildman–Crippen LogP) is 4.48. The van der Waals surface area contributed by atoms with Gasteiger partial charge in [0.2, 0.25) is 0 Å². The fraction of sp³-hybridized carbons (Fsp3) is 0.385. The molecule has 4 rings (SSSR count). The molecule has 1 saturated heterocycles. The highest BCUT2D eigenvalue weighted by Crippen LogP contribution is 2.45. The van der Waals surface area contributed by atoms with E-state index in [2.05, 4.69) is 15.4 Å². The van der Waals surface area contributed by atoms with Crippen LogP contribution in [0.3, 0.4) is 0 Å². The summed E-state index contributed by atoms with van der Waals surface area (Å²) >= 11 is 0. The van der Waals surface area contributed by atoms with E-state index in [1.807, 2.05) is 38.1 Å². The van der Waals surface area contributed by atoms with Crippen molar-refractivity contribution in [2.24, 2.45) is 0 Å². The molecule has 186 valence electrons. The first-order chi connectivity index (χ1) is 16.9. The Bertz CT molecular complexity index is 1170. The number of phenols is 2. The molecule has 3 aromatic rings. The summed E-state index contributed by atoms with van der Waals surface area (Å²) in [6.07, 6.45) is -0.657. The van der Waals surface area contributed by atoms with E-state index in [0.717, 1.165) is 38.4 Å². The molecule has 3 N–H and O–H groups in total. The standard InChI is InChI=1S/C26H31N3O6/c1-4-27-26(32)34-25-23(18-7-5-17(6-8-18)15-29-9-11-33-12-10-29)24(35-28-25)20-13-19(16(2)3)21(30)14-22(20)31/h5-8,13-14,16,30-31H,4,9-12,15H2,1-3H3,(H,27,32). The molecule has 0 saturated carbocycles. The highest BCUT2D eigenvalue weighted by molar-refractivity contribution is 5.87. The van der Waals surface area contributed by atoms with Crippen LogP contribution in [0.25, 0.3) is 22.5 Å². The van der Waals surface area contributed by atoms with Crippen LogP contribution in [0.1, 0.15) is 37.8 Å². The molecule has 0 unspecified atom stereocenters. The van der Waals surface area contributed by atoms with Crippen molar-refractivity contribution in [2.45, 2.75) is 33.2 Å². The molecule has 0 radical (unpaired) electrons. The van der Waals surface area contributed by atoms with E-state index in [1.165, 1.54) is 6.07 Å². The first-order valence-electron chi connectivity index (χ1n) is 11.8. The third-order valence-electron chi connectivity index (χ3n) is 5.94. The number of nitrogens with one attached hydrogen (secondary N) is 1. The Morgan fingerprint density at radius 2 is 1.86 bits per heavy atom. The third-order valence-corrected chi connectivity index (χ3v) is 5.94. The number of benzene rings is 2. The monoisotopic (exact) mass is 481 g/mol. The molecule has 1 aliphatic heterocycles. The SMILES string of the molecule is CCNC(=O)Oc1noc(-c2cc(C(C)C)c(O)cc2O)c1-c1ccc(CN2CCOCC2)cc1. The fourth-order valence-corrected chi connectivity index (χ4v) is 4.08. The van der Waals surface area contributed by atoms with E-state index < -0.39 is 6.09 Å². The lowest BCUT2D eigenvalue weighted by molar-refractivity contribution is 0.0342. The number of nitrogens with zero attached hydrogens (tertiary/aromatic N) is 2. The van der Waals surface area contributed by atoms with Gasteiger partial charge in [0.05, 0.1) is 24.3 Å². The minimum absolute atomic E-state index is 0.00578. The van der Waals surface area contributed by atoms with Crippen molar-refractivity contribution in [1.82, 2.24) is 15.4 Å². The van der Waals surface area contributed by atoms with E-state index in [-0.39, 0.29) is 29.1 Å². The van der Waals surface area contributed by atoms with Gasteiger partial charge in [-0.25, -0.2) is 4.79 Å². The lowest BCUT2D eigenvalue weighted by Crippen LogP contribution is -2.35. The van der Waals surface area contributed by atoms with Crippen LogP contribution >= 0.6 is 0 Å². The maximum absolute atomic E-state index is 12.2. The van der Waals surface area contributed by atoms with Gasteiger partial charge in [0.25, 0.3) is 5.88 Å². The summed E-state index contributed by atoms with van der Waals surface area (Å²) in [6, 6.07) is 10.8. The summed E-state index contributed by atoms with van der Waals surface area (Å²) in [4.78, 5) is 14.5. The Hall–Kier alpha value is -3.56. The number of hydrogen-bond acceptors (Lipinski definition) is 8. The minimum Gasteiger partial charge on any atom is -0.508 e. The van der Waals surface area contributed by atoms with Gasteiger partial charge in [0.1, 0.15) is 11.5 Å². The number of phenolic OH excluding ortho intramolecular Hbond substituents is 2. The Kier molecular flexibility index (Phi) is 7.57. The second-order valence-corrected chi connectivity index (χ2v) is 8.78. The predicted molar refractivity (Wildman–Crippen MR) is 131 cm³/mol. The smallest absolute Gasteiger partial charge is 0.414 e. The topological polar surface area (TPSA) is 117 Å². The van der Waals surface area contributed by atoms with Crippen molar-refractivity contribution < 1.29 is 29.0 Å². The Morgan fingerprint density at radius 3 is 2.51 bits per heavy atom. The van der Waals surface area contributed by atoms with Gasteiger partial charge >= 0.3 is 6.09 Å². The quantitative estimate of drug-likeness (QED) is 0.452. The molecule has 2 aromatic carbocycles. The molecule has 1 amide bonds. The summed E-state index contributed by atoms with van der Waals surface area (Å²) in [7, 11) is 0. The van der Waals surface area contributed by atoms with E-state index in [4.69, 9.17) is 14.0 Å². The van der Waals surface area contributed by atoms with Crippen molar-refractivity contribution in [2.75, 3.05) is 32.8 Å². The average molecular weight is 482 g/mol. The van der Waals surface area contributed by atoms with E-state index in [9.17, 15) is 15.0 Å². The zero-order valence-corrected chi connectivity index (χ0v) is 20.2. The number of morpholine rings is 1.